The molecule has 0 radical (unpaired) electrons. The Bertz CT molecular complexity index is 335. The largest absolute Gasteiger partial charge is 0.478 e. The molecule has 0 amide bonds. The van der Waals surface area contributed by atoms with Crippen LogP contribution in [0.15, 0.2) is 24.3 Å². The van der Waals surface area contributed by atoms with E-state index in [9.17, 15) is 9.90 Å². The molecular formula is C11H14O4. The van der Waals surface area contributed by atoms with Crippen molar-refractivity contribution in [2.45, 2.75) is 18.9 Å². The van der Waals surface area contributed by atoms with E-state index in [4.69, 9.17) is 10.2 Å². The summed E-state index contributed by atoms with van der Waals surface area (Å²) in [5.74, 6) is -1.05. The molecule has 0 spiro atoms. The van der Waals surface area contributed by atoms with Gasteiger partial charge in [0.25, 0.3) is 0 Å². The Morgan fingerprint density at radius 3 is 2.60 bits per heavy atom. The summed E-state index contributed by atoms with van der Waals surface area (Å²) in [5, 5.41) is 27.2. The normalized spacial score (nSPS) is 12.4. The van der Waals surface area contributed by atoms with Gasteiger partial charge in [0.2, 0.25) is 0 Å². The molecule has 0 saturated carbocycles. The zero-order valence-electron chi connectivity index (χ0n) is 8.26. The number of carboxylic acids is 1. The van der Waals surface area contributed by atoms with Crippen LogP contribution in [0, 0.1) is 0 Å². The summed E-state index contributed by atoms with van der Waals surface area (Å²) < 4.78 is 0. The van der Waals surface area contributed by atoms with Gasteiger partial charge in [-0.05, 0) is 24.5 Å². The summed E-state index contributed by atoms with van der Waals surface area (Å²) in [6, 6.07) is 6.35. The van der Waals surface area contributed by atoms with Crippen LogP contribution < -0.4 is 0 Å². The maximum absolute atomic E-state index is 10.8. The van der Waals surface area contributed by atoms with Gasteiger partial charge in [0.05, 0.1) is 11.7 Å². The Hall–Kier alpha value is -1.39. The van der Waals surface area contributed by atoms with E-state index in [-0.39, 0.29) is 12.2 Å². The van der Waals surface area contributed by atoms with E-state index >= 15 is 0 Å². The van der Waals surface area contributed by atoms with Crippen LogP contribution in [-0.2, 0) is 0 Å². The number of carbonyl (C=O) groups is 1. The molecule has 0 saturated heterocycles. The highest BCUT2D eigenvalue weighted by atomic mass is 16.4. The first-order chi connectivity index (χ1) is 7.16. The van der Waals surface area contributed by atoms with Crippen LogP contribution in [0.25, 0.3) is 0 Å². The number of rotatable bonds is 5. The lowest BCUT2D eigenvalue weighted by Crippen LogP contribution is -2.07. The molecule has 1 aromatic carbocycles. The minimum atomic E-state index is -1.05. The number of aliphatic hydroxyl groups is 2. The van der Waals surface area contributed by atoms with E-state index in [1.807, 2.05) is 0 Å². The van der Waals surface area contributed by atoms with Crippen LogP contribution in [0.1, 0.15) is 34.9 Å². The third-order valence-corrected chi connectivity index (χ3v) is 2.19. The second kappa shape index (κ2) is 5.48. The maximum atomic E-state index is 10.8. The summed E-state index contributed by atoms with van der Waals surface area (Å²) in [5.41, 5.74) is 0.515. The summed E-state index contributed by atoms with van der Waals surface area (Å²) in [6.45, 7) is -0.00764. The average Bonchev–Trinajstić information content (AvgIpc) is 2.25. The minimum absolute atomic E-state index is 0.00764. The third-order valence-electron chi connectivity index (χ3n) is 2.19. The molecular weight excluding hydrogens is 196 g/mol. The summed E-state index contributed by atoms with van der Waals surface area (Å²) in [6.07, 6.45) is -0.0138. The lowest BCUT2D eigenvalue weighted by Gasteiger charge is -2.12. The van der Waals surface area contributed by atoms with E-state index in [0.29, 0.717) is 18.4 Å². The molecule has 0 heterocycles. The topological polar surface area (TPSA) is 77.8 Å². The van der Waals surface area contributed by atoms with E-state index < -0.39 is 12.1 Å². The van der Waals surface area contributed by atoms with Crippen molar-refractivity contribution < 1.29 is 20.1 Å². The molecule has 1 rings (SSSR count). The van der Waals surface area contributed by atoms with Crippen molar-refractivity contribution in [2.75, 3.05) is 6.61 Å². The van der Waals surface area contributed by atoms with Gasteiger partial charge in [-0.15, -0.1) is 0 Å². The Balaban J connectivity index is 2.87. The van der Waals surface area contributed by atoms with Crippen molar-refractivity contribution in [3.8, 4) is 0 Å². The highest BCUT2D eigenvalue weighted by Gasteiger charge is 2.15. The molecule has 4 nitrogen and oxygen atoms in total. The van der Waals surface area contributed by atoms with Crippen molar-refractivity contribution in [3.63, 3.8) is 0 Å². The number of aliphatic hydroxyl groups excluding tert-OH is 2. The SMILES string of the molecule is O=C(O)c1ccccc1C(O)CCCO. The molecule has 0 aliphatic rings. The summed E-state index contributed by atoms with van der Waals surface area (Å²) >= 11 is 0. The molecule has 4 heteroatoms. The molecule has 0 aliphatic carbocycles. The minimum Gasteiger partial charge on any atom is -0.478 e. The summed E-state index contributed by atoms with van der Waals surface area (Å²) in [7, 11) is 0. The quantitative estimate of drug-likeness (QED) is 0.682. The van der Waals surface area contributed by atoms with Crippen molar-refractivity contribution in [3.05, 3.63) is 35.4 Å². The Labute approximate surface area is 87.8 Å². The number of hydrogen-bond acceptors (Lipinski definition) is 3. The first kappa shape index (κ1) is 11.7. The number of hydrogen-bond donors (Lipinski definition) is 3. The van der Waals surface area contributed by atoms with Gasteiger partial charge >= 0.3 is 5.97 Å². The molecule has 3 N–H and O–H groups in total. The molecule has 1 atom stereocenters. The predicted octanol–water partition coefficient (Wildman–Crippen LogP) is 1.19. The lowest BCUT2D eigenvalue weighted by atomic mass is 9.99. The zero-order valence-corrected chi connectivity index (χ0v) is 8.26. The second-order valence-electron chi connectivity index (χ2n) is 3.27. The zero-order chi connectivity index (χ0) is 11.3. The van der Waals surface area contributed by atoms with Gasteiger partial charge in [-0.25, -0.2) is 4.79 Å². The molecule has 0 aliphatic heterocycles. The molecule has 15 heavy (non-hydrogen) atoms. The van der Waals surface area contributed by atoms with E-state index in [0.717, 1.165) is 0 Å². The highest BCUT2D eigenvalue weighted by Crippen LogP contribution is 2.21. The first-order valence-corrected chi connectivity index (χ1v) is 4.78. The number of benzene rings is 1. The van der Waals surface area contributed by atoms with E-state index in [1.54, 1.807) is 18.2 Å². The molecule has 0 aromatic heterocycles. The fourth-order valence-electron chi connectivity index (χ4n) is 1.42. The van der Waals surface area contributed by atoms with Crippen molar-refractivity contribution in [1.82, 2.24) is 0 Å². The smallest absolute Gasteiger partial charge is 0.336 e. The molecule has 0 bridgehead atoms. The van der Waals surface area contributed by atoms with Gasteiger partial charge in [-0.2, -0.15) is 0 Å². The van der Waals surface area contributed by atoms with Crippen LogP contribution in [0.4, 0.5) is 0 Å². The van der Waals surface area contributed by atoms with E-state index in [1.165, 1.54) is 6.07 Å². The van der Waals surface area contributed by atoms with Crippen molar-refractivity contribution >= 4 is 5.97 Å². The van der Waals surface area contributed by atoms with Crippen LogP contribution in [0.2, 0.25) is 0 Å². The standard InChI is InChI=1S/C11H14O4/c12-7-3-6-10(13)8-4-1-2-5-9(8)11(14)15/h1-2,4-5,10,12-13H,3,6-7H2,(H,14,15). The Morgan fingerprint density at radius 2 is 2.00 bits per heavy atom. The lowest BCUT2D eigenvalue weighted by molar-refractivity contribution is 0.0687. The fraction of sp³-hybridized carbons (Fsp3) is 0.364. The molecule has 82 valence electrons. The van der Waals surface area contributed by atoms with Crippen LogP contribution >= 0.6 is 0 Å². The third kappa shape index (κ3) is 3.04. The molecule has 1 aromatic rings. The van der Waals surface area contributed by atoms with Crippen LogP contribution in [0.5, 0.6) is 0 Å². The van der Waals surface area contributed by atoms with Gasteiger partial charge in [-0.3, -0.25) is 0 Å². The van der Waals surface area contributed by atoms with Crippen LogP contribution in [0.3, 0.4) is 0 Å². The average molecular weight is 210 g/mol. The van der Waals surface area contributed by atoms with Gasteiger partial charge in [0.15, 0.2) is 0 Å². The predicted molar refractivity (Wildman–Crippen MR) is 54.7 cm³/mol. The summed E-state index contributed by atoms with van der Waals surface area (Å²) in [4.78, 5) is 10.8. The number of carboxylic acid groups (broad SMARTS) is 1. The van der Waals surface area contributed by atoms with Gasteiger partial charge < -0.3 is 15.3 Å². The van der Waals surface area contributed by atoms with Crippen molar-refractivity contribution in [1.29, 1.82) is 0 Å². The second-order valence-corrected chi connectivity index (χ2v) is 3.27. The highest BCUT2D eigenvalue weighted by molar-refractivity contribution is 5.89. The van der Waals surface area contributed by atoms with Gasteiger partial charge in [0, 0.05) is 6.61 Å². The van der Waals surface area contributed by atoms with Crippen molar-refractivity contribution in [2.24, 2.45) is 0 Å². The maximum Gasteiger partial charge on any atom is 0.336 e. The fourth-order valence-corrected chi connectivity index (χ4v) is 1.42. The van der Waals surface area contributed by atoms with E-state index in [2.05, 4.69) is 0 Å². The molecule has 1 unspecified atom stereocenters. The molecule has 0 fully saturated rings. The monoisotopic (exact) mass is 210 g/mol. The van der Waals surface area contributed by atoms with Gasteiger partial charge in [0.1, 0.15) is 0 Å². The van der Waals surface area contributed by atoms with Gasteiger partial charge in [-0.1, -0.05) is 18.2 Å². The number of aromatic carboxylic acids is 1. The Morgan fingerprint density at radius 1 is 1.33 bits per heavy atom. The Kier molecular flexibility index (Phi) is 4.27. The van der Waals surface area contributed by atoms with Crippen LogP contribution in [-0.4, -0.2) is 27.9 Å². The first-order valence-electron chi connectivity index (χ1n) is 4.78.